The first-order valence-electron chi connectivity index (χ1n) is 6.55. The molecule has 0 saturated carbocycles. The minimum Gasteiger partial charge on any atom is -0.496 e. The second kappa shape index (κ2) is 4.94. The molecule has 1 N–H and O–H groups in total. The van der Waals surface area contributed by atoms with E-state index in [0.29, 0.717) is 6.04 Å². The maximum Gasteiger partial charge on any atom is 0.130 e. The highest BCUT2D eigenvalue weighted by molar-refractivity contribution is 5.85. The van der Waals surface area contributed by atoms with Crippen LogP contribution in [0.2, 0.25) is 0 Å². The van der Waals surface area contributed by atoms with Gasteiger partial charge in [0.05, 0.1) is 18.3 Å². The number of piperidine rings is 1. The fourth-order valence-corrected chi connectivity index (χ4v) is 2.61. The van der Waals surface area contributed by atoms with Crippen molar-refractivity contribution in [2.75, 3.05) is 13.7 Å². The third-order valence-corrected chi connectivity index (χ3v) is 3.59. The zero-order valence-electron chi connectivity index (χ0n) is 10.6. The van der Waals surface area contributed by atoms with Gasteiger partial charge in [-0.05, 0) is 31.5 Å². The van der Waals surface area contributed by atoms with Crippen molar-refractivity contribution >= 4 is 10.9 Å². The quantitative estimate of drug-likeness (QED) is 0.878. The number of benzene rings is 1. The van der Waals surface area contributed by atoms with Crippen LogP contribution in [0.1, 0.15) is 31.0 Å². The summed E-state index contributed by atoms with van der Waals surface area (Å²) in [5.41, 5.74) is 2.12. The van der Waals surface area contributed by atoms with Gasteiger partial charge in [0, 0.05) is 17.5 Å². The summed E-state index contributed by atoms with van der Waals surface area (Å²) in [6.07, 6.45) is 3.70. The number of rotatable bonds is 2. The van der Waals surface area contributed by atoms with Crippen molar-refractivity contribution in [2.45, 2.75) is 25.3 Å². The minimum absolute atomic E-state index is 0.372. The molecule has 1 aromatic heterocycles. The number of pyridine rings is 1. The van der Waals surface area contributed by atoms with Gasteiger partial charge >= 0.3 is 0 Å². The number of methoxy groups -OCH3 is 1. The average molecular weight is 242 g/mol. The van der Waals surface area contributed by atoms with E-state index in [2.05, 4.69) is 17.4 Å². The normalized spacial score (nSPS) is 19.9. The van der Waals surface area contributed by atoms with Crippen LogP contribution in [0.4, 0.5) is 0 Å². The Morgan fingerprint density at radius 2 is 2.17 bits per heavy atom. The summed E-state index contributed by atoms with van der Waals surface area (Å²) < 4.78 is 5.49. The number of ether oxygens (including phenoxy) is 1. The first-order chi connectivity index (χ1) is 8.88. The number of nitrogens with one attached hydrogen (secondary N) is 1. The van der Waals surface area contributed by atoms with Gasteiger partial charge in [0.2, 0.25) is 0 Å². The molecular weight excluding hydrogens is 224 g/mol. The van der Waals surface area contributed by atoms with Crippen LogP contribution in [0.15, 0.2) is 30.3 Å². The molecule has 1 fully saturated rings. The van der Waals surface area contributed by atoms with E-state index in [1.807, 2.05) is 18.2 Å². The van der Waals surface area contributed by atoms with Crippen molar-refractivity contribution in [3.63, 3.8) is 0 Å². The SMILES string of the molecule is COc1cc(C2CCCCN2)nc2ccccc12. The lowest BCUT2D eigenvalue weighted by Gasteiger charge is -2.23. The predicted octanol–water partition coefficient (Wildman–Crippen LogP) is 3.06. The van der Waals surface area contributed by atoms with Crippen LogP contribution in [-0.4, -0.2) is 18.6 Å². The Morgan fingerprint density at radius 1 is 1.28 bits per heavy atom. The summed E-state index contributed by atoms with van der Waals surface area (Å²) in [5, 5.41) is 4.62. The summed E-state index contributed by atoms with van der Waals surface area (Å²) in [5.74, 6) is 0.919. The summed E-state index contributed by atoms with van der Waals surface area (Å²) in [4.78, 5) is 4.76. The number of nitrogens with zero attached hydrogens (tertiary/aromatic N) is 1. The summed E-state index contributed by atoms with van der Waals surface area (Å²) in [7, 11) is 1.72. The molecule has 0 bridgehead atoms. The lowest BCUT2D eigenvalue weighted by molar-refractivity contribution is 0.397. The van der Waals surface area contributed by atoms with Gasteiger partial charge in [-0.25, -0.2) is 0 Å². The maximum atomic E-state index is 5.49. The van der Waals surface area contributed by atoms with Gasteiger partial charge in [0.15, 0.2) is 0 Å². The highest BCUT2D eigenvalue weighted by Gasteiger charge is 2.17. The Morgan fingerprint density at radius 3 is 2.94 bits per heavy atom. The van der Waals surface area contributed by atoms with E-state index in [1.165, 1.54) is 12.8 Å². The van der Waals surface area contributed by atoms with E-state index in [-0.39, 0.29) is 0 Å². The standard InChI is InChI=1S/C15H18N2O/c1-18-15-10-14(13-8-4-5-9-16-13)17-12-7-3-2-6-11(12)15/h2-3,6-7,10,13,16H,4-5,8-9H2,1H3. The Kier molecular flexibility index (Phi) is 3.15. The molecule has 0 radical (unpaired) electrons. The fourth-order valence-electron chi connectivity index (χ4n) is 2.61. The number of aromatic nitrogens is 1. The summed E-state index contributed by atoms with van der Waals surface area (Å²) in [6.45, 7) is 1.08. The number of hydrogen-bond donors (Lipinski definition) is 1. The van der Waals surface area contributed by atoms with Gasteiger partial charge in [-0.3, -0.25) is 4.98 Å². The first kappa shape index (κ1) is 11.5. The molecule has 1 atom stereocenters. The Labute approximate surface area is 107 Å². The molecule has 0 spiro atoms. The molecule has 1 aliphatic heterocycles. The molecule has 3 nitrogen and oxygen atoms in total. The van der Waals surface area contributed by atoms with Gasteiger partial charge in [-0.15, -0.1) is 0 Å². The zero-order valence-corrected chi connectivity index (χ0v) is 10.6. The van der Waals surface area contributed by atoms with Gasteiger partial charge in [0.1, 0.15) is 5.75 Å². The molecule has 0 amide bonds. The topological polar surface area (TPSA) is 34.1 Å². The monoisotopic (exact) mass is 242 g/mol. The molecule has 1 aromatic carbocycles. The van der Waals surface area contributed by atoms with E-state index in [0.717, 1.165) is 35.3 Å². The van der Waals surface area contributed by atoms with Crippen LogP contribution in [0, 0.1) is 0 Å². The molecule has 1 aliphatic rings. The van der Waals surface area contributed by atoms with Gasteiger partial charge in [-0.1, -0.05) is 18.6 Å². The molecule has 3 heteroatoms. The Hall–Kier alpha value is -1.61. The largest absolute Gasteiger partial charge is 0.496 e. The smallest absolute Gasteiger partial charge is 0.130 e. The molecule has 1 unspecified atom stereocenters. The minimum atomic E-state index is 0.372. The van der Waals surface area contributed by atoms with E-state index in [1.54, 1.807) is 7.11 Å². The van der Waals surface area contributed by atoms with Crippen molar-refractivity contribution in [1.29, 1.82) is 0 Å². The molecule has 2 aromatic rings. The Balaban J connectivity index is 2.07. The predicted molar refractivity (Wildman–Crippen MR) is 72.9 cm³/mol. The van der Waals surface area contributed by atoms with E-state index >= 15 is 0 Å². The van der Waals surface area contributed by atoms with Crippen molar-refractivity contribution in [3.05, 3.63) is 36.0 Å². The third-order valence-electron chi connectivity index (χ3n) is 3.59. The zero-order chi connectivity index (χ0) is 12.4. The summed E-state index contributed by atoms with van der Waals surface area (Å²) in [6, 6.07) is 10.6. The van der Waals surface area contributed by atoms with Crippen molar-refractivity contribution < 1.29 is 4.74 Å². The van der Waals surface area contributed by atoms with Crippen LogP contribution in [0.5, 0.6) is 5.75 Å². The Bertz CT molecular complexity index is 547. The van der Waals surface area contributed by atoms with Gasteiger partial charge in [0.25, 0.3) is 0 Å². The van der Waals surface area contributed by atoms with Crippen LogP contribution in [0.3, 0.4) is 0 Å². The number of hydrogen-bond acceptors (Lipinski definition) is 3. The lowest BCUT2D eigenvalue weighted by atomic mass is 10.0. The maximum absolute atomic E-state index is 5.49. The lowest BCUT2D eigenvalue weighted by Crippen LogP contribution is -2.27. The molecule has 3 rings (SSSR count). The van der Waals surface area contributed by atoms with E-state index in [4.69, 9.17) is 9.72 Å². The van der Waals surface area contributed by atoms with E-state index < -0.39 is 0 Å². The van der Waals surface area contributed by atoms with Crippen molar-refractivity contribution in [2.24, 2.45) is 0 Å². The average Bonchev–Trinajstić information content (AvgIpc) is 2.47. The second-order valence-electron chi connectivity index (χ2n) is 4.77. The van der Waals surface area contributed by atoms with Crippen molar-refractivity contribution in [3.8, 4) is 5.75 Å². The molecular formula is C15H18N2O. The first-order valence-corrected chi connectivity index (χ1v) is 6.55. The van der Waals surface area contributed by atoms with E-state index in [9.17, 15) is 0 Å². The van der Waals surface area contributed by atoms with Gasteiger partial charge in [-0.2, -0.15) is 0 Å². The van der Waals surface area contributed by atoms with Gasteiger partial charge < -0.3 is 10.1 Å². The molecule has 18 heavy (non-hydrogen) atoms. The second-order valence-corrected chi connectivity index (χ2v) is 4.77. The number of fused-ring (bicyclic) bond motifs is 1. The van der Waals surface area contributed by atoms with Crippen LogP contribution >= 0.6 is 0 Å². The highest BCUT2D eigenvalue weighted by Crippen LogP contribution is 2.30. The third kappa shape index (κ3) is 2.06. The molecule has 0 aliphatic carbocycles. The summed E-state index contributed by atoms with van der Waals surface area (Å²) >= 11 is 0. The van der Waals surface area contributed by atoms with Crippen LogP contribution in [-0.2, 0) is 0 Å². The van der Waals surface area contributed by atoms with Crippen LogP contribution < -0.4 is 10.1 Å². The molecule has 94 valence electrons. The molecule has 1 saturated heterocycles. The van der Waals surface area contributed by atoms with Crippen molar-refractivity contribution in [1.82, 2.24) is 10.3 Å². The number of para-hydroxylation sites is 1. The highest BCUT2D eigenvalue weighted by atomic mass is 16.5. The molecule has 2 heterocycles. The fraction of sp³-hybridized carbons (Fsp3) is 0.400. The van der Waals surface area contributed by atoms with Crippen LogP contribution in [0.25, 0.3) is 10.9 Å².